The van der Waals surface area contributed by atoms with Crippen molar-refractivity contribution in [2.24, 2.45) is 0 Å². The SMILES string of the molecule is CC(C)(C)OC(=O)N1CCCC1c1nc2ccc(-c3ccc4c(c3)OCc3cc(-c5cnc(C6CCCN6C(=O)O)[nH]5)ccc3-4)cc2[nH]1. The number of nitrogens with zero attached hydrogens (tertiary/aromatic N) is 4. The molecule has 0 saturated carbocycles. The molecule has 2 aromatic heterocycles. The summed E-state index contributed by atoms with van der Waals surface area (Å²) >= 11 is 0. The van der Waals surface area contributed by atoms with Gasteiger partial charge in [-0.3, -0.25) is 9.80 Å². The fraction of sp³-hybridized carbons (Fsp3) is 0.351. The highest BCUT2D eigenvalue weighted by Gasteiger charge is 2.35. The second kappa shape index (κ2) is 11.4. The Hall–Kier alpha value is -5.32. The Labute approximate surface area is 277 Å². The number of carboxylic acid groups (broad SMARTS) is 1. The summed E-state index contributed by atoms with van der Waals surface area (Å²) in [6.07, 6.45) is 3.91. The highest BCUT2D eigenvalue weighted by Crippen LogP contribution is 2.42. The van der Waals surface area contributed by atoms with Crippen molar-refractivity contribution in [3.05, 3.63) is 78.0 Å². The van der Waals surface area contributed by atoms with E-state index in [0.717, 1.165) is 87.4 Å². The minimum absolute atomic E-state index is 0.140. The predicted octanol–water partition coefficient (Wildman–Crippen LogP) is 8.07. The molecule has 8 rings (SSSR count). The number of hydrogen-bond acceptors (Lipinski definition) is 6. The maximum Gasteiger partial charge on any atom is 0.410 e. The molecule has 5 aromatic rings. The van der Waals surface area contributed by atoms with Crippen molar-refractivity contribution in [3.63, 3.8) is 0 Å². The summed E-state index contributed by atoms with van der Waals surface area (Å²) < 4.78 is 11.9. The Kier molecular flexibility index (Phi) is 7.15. The maximum absolute atomic E-state index is 12.9. The zero-order valence-corrected chi connectivity index (χ0v) is 27.2. The Morgan fingerprint density at radius 2 is 1.58 bits per heavy atom. The molecule has 0 aliphatic carbocycles. The van der Waals surface area contributed by atoms with E-state index in [9.17, 15) is 14.7 Å². The molecule has 0 bridgehead atoms. The average molecular weight is 647 g/mol. The van der Waals surface area contributed by atoms with Crippen molar-refractivity contribution in [1.82, 2.24) is 29.7 Å². The number of hydrogen-bond donors (Lipinski definition) is 3. The molecule has 246 valence electrons. The van der Waals surface area contributed by atoms with Gasteiger partial charge in [-0.05, 0) is 98.5 Å². The molecule has 3 aromatic carbocycles. The van der Waals surface area contributed by atoms with Crippen LogP contribution in [0.1, 0.15) is 75.8 Å². The molecule has 3 N–H and O–H groups in total. The normalized spacial score (nSPS) is 18.9. The molecule has 5 heterocycles. The standard InChI is InChI=1S/C37H38N6O5/c1-37(2,3)48-36(46)43-15-5-7-31(43)34-39-27-13-10-21(17-28(27)40-34)22-8-12-26-25-11-9-23(16-24(25)20-47-32(26)18-22)29-19-38-33(41-29)30-6-4-14-42(30)35(44)45/h8-13,16-19,30-31H,4-7,14-15,20H2,1-3H3,(H,38,41)(H,39,40)(H,44,45). The van der Waals surface area contributed by atoms with Crippen LogP contribution in [-0.4, -0.2) is 65.7 Å². The molecular weight excluding hydrogens is 608 g/mol. The lowest BCUT2D eigenvalue weighted by atomic mass is 9.92. The number of carbonyl (C=O) groups is 2. The minimum atomic E-state index is -0.910. The van der Waals surface area contributed by atoms with Crippen molar-refractivity contribution in [3.8, 4) is 39.3 Å². The molecule has 48 heavy (non-hydrogen) atoms. The molecule has 2 amide bonds. The van der Waals surface area contributed by atoms with Gasteiger partial charge in [-0.1, -0.05) is 30.3 Å². The number of benzene rings is 3. The smallest absolute Gasteiger partial charge is 0.410 e. The Morgan fingerprint density at radius 3 is 2.38 bits per heavy atom. The van der Waals surface area contributed by atoms with Crippen LogP contribution in [0.15, 0.2) is 60.8 Å². The fourth-order valence-corrected chi connectivity index (χ4v) is 7.23. The van der Waals surface area contributed by atoms with Gasteiger partial charge in [-0.25, -0.2) is 19.6 Å². The van der Waals surface area contributed by atoms with Crippen molar-refractivity contribution >= 4 is 23.2 Å². The minimum Gasteiger partial charge on any atom is -0.488 e. The van der Waals surface area contributed by atoms with E-state index in [1.165, 1.54) is 4.90 Å². The van der Waals surface area contributed by atoms with Crippen LogP contribution in [0.5, 0.6) is 5.75 Å². The predicted molar refractivity (Wildman–Crippen MR) is 181 cm³/mol. The average Bonchev–Trinajstić information content (AvgIpc) is 3.88. The summed E-state index contributed by atoms with van der Waals surface area (Å²) in [5, 5.41) is 9.54. The third-order valence-electron chi connectivity index (χ3n) is 9.51. The Bertz CT molecular complexity index is 2060. The summed E-state index contributed by atoms with van der Waals surface area (Å²) in [5.41, 5.74) is 8.38. The molecule has 11 nitrogen and oxygen atoms in total. The fourth-order valence-electron chi connectivity index (χ4n) is 7.23. The molecular formula is C37H38N6O5. The second-order valence-corrected chi connectivity index (χ2v) is 13.9. The van der Waals surface area contributed by atoms with E-state index in [2.05, 4.69) is 63.5 Å². The molecule has 11 heteroatoms. The Morgan fingerprint density at radius 1 is 0.875 bits per heavy atom. The van der Waals surface area contributed by atoms with Crippen LogP contribution in [-0.2, 0) is 11.3 Å². The van der Waals surface area contributed by atoms with Crippen LogP contribution in [0.2, 0.25) is 0 Å². The van der Waals surface area contributed by atoms with Gasteiger partial charge < -0.3 is 24.5 Å². The van der Waals surface area contributed by atoms with Gasteiger partial charge in [-0.2, -0.15) is 0 Å². The largest absolute Gasteiger partial charge is 0.488 e. The number of rotatable bonds is 4. The van der Waals surface area contributed by atoms with Crippen molar-refractivity contribution in [2.75, 3.05) is 13.1 Å². The van der Waals surface area contributed by atoms with Crippen LogP contribution >= 0.6 is 0 Å². The lowest BCUT2D eigenvalue weighted by Gasteiger charge is -2.27. The number of nitrogens with one attached hydrogen (secondary N) is 2. The van der Waals surface area contributed by atoms with Crippen LogP contribution in [0.4, 0.5) is 9.59 Å². The van der Waals surface area contributed by atoms with Gasteiger partial charge >= 0.3 is 12.2 Å². The second-order valence-electron chi connectivity index (χ2n) is 13.9. The number of amides is 2. The van der Waals surface area contributed by atoms with Gasteiger partial charge in [0.25, 0.3) is 0 Å². The first-order valence-corrected chi connectivity index (χ1v) is 16.6. The first kappa shape index (κ1) is 30.0. The van der Waals surface area contributed by atoms with Crippen molar-refractivity contribution in [2.45, 2.75) is 70.7 Å². The van der Waals surface area contributed by atoms with Gasteiger partial charge in [0.2, 0.25) is 0 Å². The number of likely N-dealkylation sites (tertiary alicyclic amines) is 2. The number of aromatic nitrogens is 4. The molecule has 0 radical (unpaired) electrons. The number of aromatic amines is 2. The number of ether oxygens (including phenoxy) is 2. The summed E-state index contributed by atoms with van der Waals surface area (Å²) in [5.74, 6) is 2.29. The quantitative estimate of drug-likeness (QED) is 0.180. The van der Waals surface area contributed by atoms with Crippen LogP contribution in [0, 0.1) is 0 Å². The number of H-pyrrole nitrogens is 2. The summed E-state index contributed by atoms with van der Waals surface area (Å²) in [4.78, 5) is 44.0. The van der Waals surface area contributed by atoms with Gasteiger partial charge in [0.15, 0.2) is 0 Å². The number of carbonyl (C=O) groups excluding carboxylic acids is 1. The highest BCUT2D eigenvalue weighted by atomic mass is 16.6. The first-order chi connectivity index (χ1) is 23.1. The molecule has 2 saturated heterocycles. The molecule has 2 unspecified atom stereocenters. The Balaban J connectivity index is 1.02. The number of imidazole rings is 2. The van der Waals surface area contributed by atoms with Crippen LogP contribution < -0.4 is 4.74 Å². The molecule has 2 fully saturated rings. The zero-order valence-electron chi connectivity index (χ0n) is 27.2. The first-order valence-electron chi connectivity index (χ1n) is 16.6. The van der Waals surface area contributed by atoms with E-state index in [4.69, 9.17) is 14.5 Å². The van der Waals surface area contributed by atoms with Crippen LogP contribution in [0.3, 0.4) is 0 Å². The van der Waals surface area contributed by atoms with Gasteiger partial charge in [0.05, 0.1) is 35.0 Å². The topological polar surface area (TPSA) is 137 Å². The number of fused-ring (bicyclic) bond motifs is 4. The monoisotopic (exact) mass is 646 g/mol. The lowest BCUT2D eigenvalue weighted by Crippen LogP contribution is -2.36. The van der Waals surface area contributed by atoms with Crippen LogP contribution in [0.25, 0.3) is 44.5 Å². The third-order valence-corrected chi connectivity index (χ3v) is 9.51. The molecule has 3 aliphatic rings. The zero-order chi connectivity index (χ0) is 33.2. The lowest BCUT2D eigenvalue weighted by molar-refractivity contribution is 0.0219. The van der Waals surface area contributed by atoms with Gasteiger partial charge in [0.1, 0.15) is 29.6 Å². The molecule has 2 atom stereocenters. The summed E-state index contributed by atoms with van der Waals surface area (Å²) in [6.45, 7) is 7.27. The molecule has 0 spiro atoms. The van der Waals surface area contributed by atoms with Crippen molar-refractivity contribution < 1.29 is 24.2 Å². The van der Waals surface area contributed by atoms with E-state index in [-0.39, 0.29) is 18.2 Å². The van der Waals surface area contributed by atoms with E-state index in [1.54, 1.807) is 11.1 Å². The summed E-state index contributed by atoms with van der Waals surface area (Å²) in [7, 11) is 0. The van der Waals surface area contributed by atoms with Crippen molar-refractivity contribution in [1.29, 1.82) is 0 Å². The maximum atomic E-state index is 12.9. The summed E-state index contributed by atoms with van der Waals surface area (Å²) in [6, 6.07) is 18.4. The van der Waals surface area contributed by atoms with E-state index < -0.39 is 11.7 Å². The van der Waals surface area contributed by atoms with E-state index in [0.29, 0.717) is 25.5 Å². The molecule has 3 aliphatic heterocycles. The highest BCUT2D eigenvalue weighted by molar-refractivity contribution is 5.85. The van der Waals surface area contributed by atoms with Gasteiger partial charge in [-0.15, -0.1) is 0 Å². The van der Waals surface area contributed by atoms with E-state index >= 15 is 0 Å². The third kappa shape index (κ3) is 5.42. The van der Waals surface area contributed by atoms with E-state index in [1.807, 2.05) is 26.8 Å². The van der Waals surface area contributed by atoms with Gasteiger partial charge in [0, 0.05) is 18.7 Å².